The highest BCUT2D eigenvalue weighted by Gasteiger charge is 2.25. The van der Waals surface area contributed by atoms with Gasteiger partial charge in [0, 0.05) is 49.8 Å². The number of hydrogen-bond acceptors (Lipinski definition) is 4. The van der Waals surface area contributed by atoms with Gasteiger partial charge in [-0.3, -0.25) is 9.88 Å². The van der Waals surface area contributed by atoms with Crippen molar-refractivity contribution in [3.63, 3.8) is 0 Å². The minimum Gasteiger partial charge on any atom is -0.369 e. The van der Waals surface area contributed by atoms with Crippen LogP contribution in [0.25, 0.3) is 0 Å². The number of aromatic nitrogens is 1. The molecule has 1 aliphatic heterocycles. The molecule has 2 heterocycles. The average molecular weight is 278 g/mol. The molecule has 1 saturated heterocycles. The number of anilines is 1. The molecule has 1 atom stereocenters. The number of para-hydroxylation sites is 1. The van der Waals surface area contributed by atoms with Crippen molar-refractivity contribution in [1.29, 1.82) is 5.26 Å². The van der Waals surface area contributed by atoms with Crippen LogP contribution in [0, 0.1) is 11.3 Å². The predicted octanol–water partition coefficient (Wildman–Crippen LogP) is 2.47. The standard InChI is InChI=1S/C17H18N4/c18-13-17(15-5-4-8-19-14-15)21-11-9-20(10-12-21)16-6-2-1-3-7-16/h1-8,14,17H,9-12H2. The Kier molecular flexibility index (Phi) is 4.13. The van der Waals surface area contributed by atoms with E-state index in [4.69, 9.17) is 0 Å². The molecule has 0 bridgehead atoms. The van der Waals surface area contributed by atoms with Crippen LogP contribution in [0.15, 0.2) is 54.9 Å². The fourth-order valence-electron chi connectivity index (χ4n) is 2.78. The Labute approximate surface area is 125 Å². The van der Waals surface area contributed by atoms with Crippen LogP contribution in [-0.4, -0.2) is 36.1 Å². The van der Waals surface area contributed by atoms with E-state index in [1.807, 2.05) is 18.2 Å². The summed E-state index contributed by atoms with van der Waals surface area (Å²) in [6.07, 6.45) is 3.53. The average Bonchev–Trinajstić information content (AvgIpc) is 2.58. The van der Waals surface area contributed by atoms with Gasteiger partial charge >= 0.3 is 0 Å². The van der Waals surface area contributed by atoms with Crippen molar-refractivity contribution in [3.05, 3.63) is 60.4 Å². The SMILES string of the molecule is N#CC(c1cccnc1)N1CCN(c2ccccc2)CC1. The Hall–Kier alpha value is -2.38. The van der Waals surface area contributed by atoms with Crippen LogP contribution >= 0.6 is 0 Å². The van der Waals surface area contributed by atoms with Crippen LogP contribution in [0.1, 0.15) is 11.6 Å². The minimum atomic E-state index is -0.198. The van der Waals surface area contributed by atoms with Crippen LogP contribution in [0.3, 0.4) is 0 Å². The molecule has 2 aromatic rings. The van der Waals surface area contributed by atoms with Gasteiger partial charge < -0.3 is 4.90 Å². The lowest BCUT2D eigenvalue weighted by molar-refractivity contribution is 0.222. The Bertz CT molecular complexity index is 598. The fraction of sp³-hybridized carbons (Fsp3) is 0.294. The van der Waals surface area contributed by atoms with Crippen LogP contribution in [-0.2, 0) is 0 Å². The lowest BCUT2D eigenvalue weighted by Gasteiger charge is -2.38. The molecular formula is C17H18N4. The summed E-state index contributed by atoms with van der Waals surface area (Å²) in [6, 6.07) is 16.5. The first kappa shape index (κ1) is 13.6. The van der Waals surface area contributed by atoms with Crippen molar-refractivity contribution in [2.75, 3.05) is 31.1 Å². The Morgan fingerprint density at radius 2 is 1.76 bits per heavy atom. The fourth-order valence-corrected chi connectivity index (χ4v) is 2.78. The van der Waals surface area contributed by atoms with E-state index in [0.717, 1.165) is 31.7 Å². The zero-order chi connectivity index (χ0) is 14.5. The molecule has 0 spiro atoms. The van der Waals surface area contributed by atoms with Gasteiger partial charge in [-0.25, -0.2) is 0 Å². The molecule has 0 aliphatic carbocycles. The highest BCUT2D eigenvalue weighted by molar-refractivity contribution is 5.46. The molecule has 0 amide bonds. The van der Waals surface area contributed by atoms with Crippen LogP contribution in [0.4, 0.5) is 5.69 Å². The largest absolute Gasteiger partial charge is 0.369 e. The van der Waals surface area contributed by atoms with Crippen LogP contribution in [0.5, 0.6) is 0 Å². The molecule has 1 aromatic carbocycles. The van der Waals surface area contributed by atoms with E-state index in [-0.39, 0.29) is 6.04 Å². The quantitative estimate of drug-likeness (QED) is 0.865. The second-order valence-electron chi connectivity index (χ2n) is 5.18. The first-order valence-electron chi connectivity index (χ1n) is 7.22. The number of piperazine rings is 1. The van der Waals surface area contributed by atoms with Gasteiger partial charge in [-0.1, -0.05) is 24.3 Å². The number of nitriles is 1. The van der Waals surface area contributed by atoms with E-state index in [0.29, 0.717) is 0 Å². The summed E-state index contributed by atoms with van der Waals surface area (Å²) >= 11 is 0. The van der Waals surface area contributed by atoms with E-state index < -0.39 is 0 Å². The van der Waals surface area contributed by atoms with Crippen molar-refractivity contribution in [3.8, 4) is 6.07 Å². The van der Waals surface area contributed by atoms with Gasteiger partial charge in [-0.05, 0) is 18.2 Å². The Morgan fingerprint density at radius 1 is 1.00 bits per heavy atom. The summed E-state index contributed by atoms with van der Waals surface area (Å²) in [4.78, 5) is 8.72. The third-order valence-corrected chi connectivity index (χ3v) is 3.92. The summed E-state index contributed by atoms with van der Waals surface area (Å²) in [7, 11) is 0. The van der Waals surface area contributed by atoms with Gasteiger partial charge in [0.05, 0.1) is 6.07 Å². The lowest BCUT2D eigenvalue weighted by Crippen LogP contribution is -2.47. The molecule has 4 nitrogen and oxygen atoms in total. The zero-order valence-corrected chi connectivity index (χ0v) is 11.9. The number of hydrogen-bond donors (Lipinski definition) is 0. The molecule has 3 rings (SSSR count). The number of nitrogens with zero attached hydrogens (tertiary/aromatic N) is 4. The van der Waals surface area contributed by atoms with Gasteiger partial charge in [0.2, 0.25) is 0 Å². The third-order valence-electron chi connectivity index (χ3n) is 3.92. The van der Waals surface area contributed by atoms with Crippen molar-refractivity contribution in [2.24, 2.45) is 0 Å². The molecule has 21 heavy (non-hydrogen) atoms. The van der Waals surface area contributed by atoms with Crippen LogP contribution in [0.2, 0.25) is 0 Å². The second kappa shape index (κ2) is 6.38. The number of pyridine rings is 1. The van der Waals surface area contributed by atoms with E-state index in [1.165, 1.54) is 5.69 Å². The Morgan fingerprint density at radius 3 is 2.38 bits per heavy atom. The monoisotopic (exact) mass is 278 g/mol. The van der Waals surface area contributed by atoms with Crippen molar-refractivity contribution in [2.45, 2.75) is 6.04 Å². The molecule has 0 N–H and O–H groups in total. The predicted molar refractivity (Wildman–Crippen MR) is 82.8 cm³/mol. The summed E-state index contributed by atoms with van der Waals surface area (Å²) < 4.78 is 0. The summed E-state index contributed by atoms with van der Waals surface area (Å²) in [5, 5.41) is 9.48. The molecule has 0 saturated carbocycles. The third kappa shape index (κ3) is 3.04. The minimum absolute atomic E-state index is 0.198. The molecular weight excluding hydrogens is 260 g/mol. The van der Waals surface area contributed by atoms with E-state index >= 15 is 0 Å². The zero-order valence-electron chi connectivity index (χ0n) is 11.9. The molecule has 1 aromatic heterocycles. The van der Waals surface area contributed by atoms with Gasteiger partial charge in [0.1, 0.15) is 6.04 Å². The van der Waals surface area contributed by atoms with E-state index in [2.05, 4.69) is 45.1 Å². The first-order valence-corrected chi connectivity index (χ1v) is 7.22. The van der Waals surface area contributed by atoms with Crippen molar-refractivity contribution >= 4 is 5.69 Å². The maximum Gasteiger partial charge on any atom is 0.125 e. The smallest absolute Gasteiger partial charge is 0.125 e. The van der Waals surface area contributed by atoms with Gasteiger partial charge in [-0.2, -0.15) is 5.26 Å². The van der Waals surface area contributed by atoms with E-state index in [1.54, 1.807) is 12.4 Å². The second-order valence-corrected chi connectivity index (χ2v) is 5.18. The molecule has 1 unspecified atom stereocenters. The molecule has 1 fully saturated rings. The highest BCUT2D eigenvalue weighted by Crippen LogP contribution is 2.23. The maximum atomic E-state index is 9.48. The normalized spacial score (nSPS) is 17.2. The number of rotatable bonds is 3. The summed E-state index contributed by atoms with van der Waals surface area (Å²) in [5.41, 5.74) is 2.24. The maximum absolute atomic E-state index is 9.48. The molecule has 0 radical (unpaired) electrons. The Balaban J connectivity index is 1.67. The van der Waals surface area contributed by atoms with Crippen molar-refractivity contribution in [1.82, 2.24) is 9.88 Å². The molecule has 1 aliphatic rings. The van der Waals surface area contributed by atoms with Crippen LogP contribution < -0.4 is 4.90 Å². The van der Waals surface area contributed by atoms with E-state index in [9.17, 15) is 5.26 Å². The summed E-state index contributed by atoms with van der Waals surface area (Å²) in [5.74, 6) is 0. The van der Waals surface area contributed by atoms with Crippen molar-refractivity contribution < 1.29 is 0 Å². The molecule has 4 heteroatoms. The highest BCUT2D eigenvalue weighted by atomic mass is 15.3. The topological polar surface area (TPSA) is 43.2 Å². The van der Waals surface area contributed by atoms with Gasteiger partial charge in [0.15, 0.2) is 0 Å². The number of benzene rings is 1. The summed E-state index contributed by atoms with van der Waals surface area (Å²) in [6.45, 7) is 3.68. The first-order chi connectivity index (χ1) is 10.4. The molecule has 106 valence electrons. The van der Waals surface area contributed by atoms with Gasteiger partial charge in [0.25, 0.3) is 0 Å². The van der Waals surface area contributed by atoms with Gasteiger partial charge in [-0.15, -0.1) is 0 Å². The lowest BCUT2D eigenvalue weighted by atomic mass is 10.1.